The normalized spacial score (nSPS) is 19.0. The van der Waals surface area contributed by atoms with E-state index in [-0.39, 0.29) is 5.91 Å². The number of rotatable bonds is 4. The highest BCUT2D eigenvalue weighted by Crippen LogP contribution is 2.41. The fraction of sp³-hybridized carbons (Fsp3) is 0.471. The topological polar surface area (TPSA) is 62.5 Å². The van der Waals surface area contributed by atoms with Crippen LogP contribution in [0, 0.1) is 0 Å². The van der Waals surface area contributed by atoms with Gasteiger partial charge < -0.3 is 9.42 Å². The number of nitrogens with zero attached hydrogens (tertiary/aromatic N) is 4. The smallest absolute Gasteiger partial charge is 0.259 e. The molecule has 0 atom stereocenters. The molecule has 0 aromatic carbocycles. The van der Waals surface area contributed by atoms with Crippen LogP contribution in [0.5, 0.6) is 0 Å². The molecule has 6 heteroatoms. The van der Waals surface area contributed by atoms with Crippen LogP contribution < -0.4 is 0 Å². The van der Waals surface area contributed by atoms with Crippen LogP contribution in [0.3, 0.4) is 0 Å². The number of carbonyl (C=O) groups excluding carboxylic acids is 1. The second-order valence-corrected chi connectivity index (χ2v) is 6.32. The van der Waals surface area contributed by atoms with Gasteiger partial charge in [0.15, 0.2) is 0 Å². The summed E-state index contributed by atoms with van der Waals surface area (Å²) < 4.78 is 5.04. The van der Waals surface area contributed by atoms with E-state index in [9.17, 15) is 4.79 Å². The van der Waals surface area contributed by atoms with E-state index >= 15 is 0 Å². The van der Waals surface area contributed by atoms with Gasteiger partial charge in [0, 0.05) is 51.0 Å². The zero-order valence-electron chi connectivity index (χ0n) is 13.0. The Hall–Kier alpha value is -2.21. The Bertz CT molecular complexity index is 673. The molecule has 2 aromatic rings. The van der Waals surface area contributed by atoms with Gasteiger partial charge in [-0.2, -0.15) is 0 Å². The van der Waals surface area contributed by atoms with Crippen molar-refractivity contribution in [2.75, 3.05) is 26.2 Å². The van der Waals surface area contributed by atoms with Crippen molar-refractivity contribution in [3.8, 4) is 0 Å². The van der Waals surface area contributed by atoms with Gasteiger partial charge in [-0.3, -0.25) is 14.7 Å². The molecule has 1 saturated carbocycles. The number of aromatic nitrogens is 2. The van der Waals surface area contributed by atoms with E-state index in [1.807, 2.05) is 17.2 Å². The fourth-order valence-corrected chi connectivity index (χ4v) is 3.09. The number of piperazine rings is 1. The predicted molar refractivity (Wildman–Crippen MR) is 83.9 cm³/mol. The molecule has 120 valence electrons. The van der Waals surface area contributed by atoms with Crippen LogP contribution in [0.1, 0.15) is 40.4 Å². The molecule has 23 heavy (non-hydrogen) atoms. The second-order valence-electron chi connectivity index (χ2n) is 6.32. The summed E-state index contributed by atoms with van der Waals surface area (Å²) in [4.78, 5) is 21.1. The van der Waals surface area contributed by atoms with E-state index in [2.05, 4.69) is 21.1 Å². The summed E-state index contributed by atoms with van der Waals surface area (Å²) in [7, 11) is 0. The van der Waals surface area contributed by atoms with E-state index in [1.165, 1.54) is 11.8 Å². The minimum Gasteiger partial charge on any atom is -0.364 e. The maximum Gasteiger partial charge on any atom is 0.259 e. The molecule has 4 rings (SSSR count). The summed E-state index contributed by atoms with van der Waals surface area (Å²) in [5.74, 6) is 0.494. The van der Waals surface area contributed by atoms with E-state index < -0.39 is 0 Å². The molecule has 0 radical (unpaired) electrons. The van der Waals surface area contributed by atoms with Crippen molar-refractivity contribution >= 4 is 5.91 Å². The average Bonchev–Trinajstić information content (AvgIpc) is 3.33. The van der Waals surface area contributed by atoms with E-state index in [1.54, 1.807) is 6.20 Å². The first-order chi connectivity index (χ1) is 11.3. The Morgan fingerprint density at radius 3 is 2.78 bits per heavy atom. The molecule has 3 heterocycles. The zero-order valence-corrected chi connectivity index (χ0v) is 13.0. The van der Waals surface area contributed by atoms with Gasteiger partial charge in [0.1, 0.15) is 11.8 Å². The van der Waals surface area contributed by atoms with Crippen LogP contribution in [0.25, 0.3) is 0 Å². The van der Waals surface area contributed by atoms with E-state index in [0.717, 1.165) is 51.3 Å². The van der Waals surface area contributed by atoms with Crippen molar-refractivity contribution in [2.24, 2.45) is 0 Å². The Morgan fingerprint density at radius 2 is 2.09 bits per heavy atom. The number of pyridine rings is 1. The summed E-state index contributed by atoms with van der Waals surface area (Å²) in [6, 6.07) is 4.05. The van der Waals surface area contributed by atoms with Gasteiger partial charge in [0.2, 0.25) is 0 Å². The van der Waals surface area contributed by atoms with Crippen LogP contribution in [-0.4, -0.2) is 52.0 Å². The SMILES string of the molecule is O=C(c1conc1C1CC1)N1CCN(Cc2cccnc2)CC1. The Kier molecular flexibility index (Phi) is 3.83. The van der Waals surface area contributed by atoms with Gasteiger partial charge in [-0.1, -0.05) is 11.2 Å². The third-order valence-corrected chi connectivity index (χ3v) is 4.58. The molecule has 2 fully saturated rings. The summed E-state index contributed by atoms with van der Waals surface area (Å²) in [5, 5.41) is 4.03. The Balaban J connectivity index is 1.35. The van der Waals surface area contributed by atoms with Crippen molar-refractivity contribution in [1.82, 2.24) is 19.9 Å². The molecule has 1 aliphatic heterocycles. The second kappa shape index (κ2) is 6.12. The monoisotopic (exact) mass is 312 g/mol. The van der Waals surface area contributed by atoms with Gasteiger partial charge in [-0.05, 0) is 24.5 Å². The van der Waals surface area contributed by atoms with Gasteiger partial charge in [0.05, 0.1) is 5.69 Å². The van der Waals surface area contributed by atoms with Crippen LogP contribution in [0.4, 0.5) is 0 Å². The standard InChI is InChI=1S/C17H20N4O2/c22-17(15-12-23-19-16(15)14-3-4-14)21-8-6-20(7-9-21)11-13-2-1-5-18-10-13/h1-2,5,10,12,14H,3-4,6-9,11H2. The molecular weight excluding hydrogens is 292 g/mol. The van der Waals surface area contributed by atoms with Crippen LogP contribution in [0.15, 0.2) is 35.3 Å². The summed E-state index contributed by atoms with van der Waals surface area (Å²) in [6.07, 6.45) is 7.43. The molecule has 0 bridgehead atoms. The minimum atomic E-state index is 0.0641. The maximum atomic E-state index is 12.7. The lowest BCUT2D eigenvalue weighted by Gasteiger charge is -2.34. The quantitative estimate of drug-likeness (QED) is 0.863. The highest BCUT2D eigenvalue weighted by Gasteiger charge is 2.33. The first-order valence-corrected chi connectivity index (χ1v) is 8.16. The molecular formula is C17H20N4O2. The Morgan fingerprint density at radius 1 is 1.26 bits per heavy atom. The average molecular weight is 312 g/mol. The largest absolute Gasteiger partial charge is 0.364 e. The third-order valence-electron chi connectivity index (χ3n) is 4.58. The molecule has 1 aliphatic carbocycles. The van der Waals surface area contributed by atoms with Crippen LogP contribution in [-0.2, 0) is 6.54 Å². The molecule has 2 aromatic heterocycles. The number of amides is 1. The van der Waals surface area contributed by atoms with Crippen molar-refractivity contribution in [3.05, 3.63) is 47.6 Å². The van der Waals surface area contributed by atoms with Crippen molar-refractivity contribution in [2.45, 2.75) is 25.3 Å². The van der Waals surface area contributed by atoms with Crippen molar-refractivity contribution in [3.63, 3.8) is 0 Å². The lowest BCUT2D eigenvalue weighted by Crippen LogP contribution is -2.48. The third kappa shape index (κ3) is 3.12. The zero-order chi connectivity index (χ0) is 15.6. The predicted octanol–water partition coefficient (Wildman–Crippen LogP) is 1.91. The molecule has 0 N–H and O–H groups in total. The molecule has 1 amide bonds. The van der Waals surface area contributed by atoms with Gasteiger partial charge in [0.25, 0.3) is 5.91 Å². The number of hydrogen-bond acceptors (Lipinski definition) is 5. The molecule has 2 aliphatic rings. The first kappa shape index (κ1) is 14.4. The van der Waals surface area contributed by atoms with Crippen LogP contribution in [0.2, 0.25) is 0 Å². The number of hydrogen-bond donors (Lipinski definition) is 0. The van der Waals surface area contributed by atoms with Crippen LogP contribution >= 0.6 is 0 Å². The maximum absolute atomic E-state index is 12.7. The van der Waals surface area contributed by atoms with Gasteiger partial charge in [-0.15, -0.1) is 0 Å². The lowest BCUT2D eigenvalue weighted by atomic mass is 10.1. The highest BCUT2D eigenvalue weighted by atomic mass is 16.5. The molecule has 0 unspecified atom stereocenters. The Labute approximate surface area is 135 Å². The highest BCUT2D eigenvalue weighted by molar-refractivity contribution is 5.95. The van der Waals surface area contributed by atoms with Crippen molar-refractivity contribution in [1.29, 1.82) is 0 Å². The van der Waals surface area contributed by atoms with Crippen molar-refractivity contribution < 1.29 is 9.32 Å². The van der Waals surface area contributed by atoms with E-state index in [4.69, 9.17) is 4.52 Å². The molecule has 6 nitrogen and oxygen atoms in total. The lowest BCUT2D eigenvalue weighted by molar-refractivity contribution is 0.0626. The summed E-state index contributed by atoms with van der Waals surface area (Å²) in [6.45, 7) is 4.13. The summed E-state index contributed by atoms with van der Waals surface area (Å²) in [5.41, 5.74) is 2.73. The fourth-order valence-electron chi connectivity index (χ4n) is 3.09. The summed E-state index contributed by atoms with van der Waals surface area (Å²) >= 11 is 0. The number of carbonyl (C=O) groups is 1. The first-order valence-electron chi connectivity index (χ1n) is 8.16. The van der Waals surface area contributed by atoms with Gasteiger partial charge >= 0.3 is 0 Å². The minimum absolute atomic E-state index is 0.0641. The van der Waals surface area contributed by atoms with Gasteiger partial charge in [-0.25, -0.2) is 0 Å². The molecule has 1 saturated heterocycles. The van der Waals surface area contributed by atoms with E-state index in [0.29, 0.717) is 11.5 Å². The molecule has 0 spiro atoms.